The van der Waals surface area contributed by atoms with Crippen LogP contribution in [0.2, 0.25) is 0 Å². The lowest BCUT2D eigenvalue weighted by Crippen LogP contribution is -2.06. The van der Waals surface area contributed by atoms with E-state index in [-0.39, 0.29) is 12.4 Å². The minimum atomic E-state index is -4.47. The van der Waals surface area contributed by atoms with E-state index < -0.39 is 11.9 Å². The largest absolute Gasteiger partial charge is 0.435 e. The summed E-state index contributed by atoms with van der Waals surface area (Å²) in [7, 11) is 2.88. The Bertz CT molecular complexity index is 545. The molecule has 6 nitrogen and oxygen atoms in total. The summed E-state index contributed by atoms with van der Waals surface area (Å²) in [6, 6.07) is 0.932. The Kier molecular flexibility index (Phi) is 3.07. The van der Waals surface area contributed by atoms with E-state index in [1.165, 1.54) is 25.2 Å². The molecule has 0 aliphatic carbocycles. The van der Waals surface area contributed by atoms with Crippen molar-refractivity contribution in [3.05, 3.63) is 18.0 Å². The zero-order chi connectivity index (χ0) is 13.3. The summed E-state index contributed by atoms with van der Waals surface area (Å²) in [6.45, 7) is 0.129. The molecular weight excluding hydrogens is 251 g/mol. The number of hydrogen-bond donors (Lipinski definition) is 0. The predicted molar refractivity (Wildman–Crippen MR) is 54.2 cm³/mol. The van der Waals surface area contributed by atoms with Crippen molar-refractivity contribution in [2.75, 3.05) is 7.11 Å². The van der Waals surface area contributed by atoms with Crippen LogP contribution in [0.4, 0.5) is 13.2 Å². The molecule has 0 aliphatic rings. The molecule has 0 unspecified atom stereocenters. The molecule has 0 saturated carbocycles. The molecule has 98 valence electrons. The third-order valence-corrected chi connectivity index (χ3v) is 2.21. The lowest BCUT2D eigenvalue weighted by molar-refractivity contribution is -0.141. The highest BCUT2D eigenvalue weighted by molar-refractivity contribution is 5.53. The van der Waals surface area contributed by atoms with Crippen molar-refractivity contribution < 1.29 is 17.9 Å². The molecule has 2 heterocycles. The standard InChI is InChI=1S/C9H10F3N5O/c1-16-7(3-8(15-16)9(10,11)12)6-4-13-17(14-6)5-18-2/h3-4H,5H2,1-2H3. The van der Waals surface area contributed by atoms with Gasteiger partial charge in [0, 0.05) is 14.2 Å². The highest BCUT2D eigenvalue weighted by Gasteiger charge is 2.35. The van der Waals surface area contributed by atoms with Crippen molar-refractivity contribution in [1.82, 2.24) is 24.8 Å². The van der Waals surface area contributed by atoms with Crippen molar-refractivity contribution in [2.24, 2.45) is 7.05 Å². The molecular formula is C9H10F3N5O. The van der Waals surface area contributed by atoms with Gasteiger partial charge < -0.3 is 4.74 Å². The maximum Gasteiger partial charge on any atom is 0.435 e. The summed E-state index contributed by atoms with van der Waals surface area (Å²) in [5.41, 5.74) is -0.413. The first-order chi connectivity index (χ1) is 8.41. The molecule has 0 amide bonds. The number of aryl methyl sites for hydroxylation is 1. The molecule has 0 atom stereocenters. The summed E-state index contributed by atoms with van der Waals surface area (Å²) < 4.78 is 43.4. The fourth-order valence-corrected chi connectivity index (χ4v) is 1.44. The predicted octanol–water partition coefficient (Wildman–Crippen LogP) is 1.30. The lowest BCUT2D eigenvalue weighted by atomic mass is 10.3. The number of ether oxygens (including phenoxy) is 1. The molecule has 0 radical (unpaired) electrons. The Labute approximate surface area is 100.0 Å². The van der Waals surface area contributed by atoms with E-state index in [1.54, 1.807) is 0 Å². The van der Waals surface area contributed by atoms with Crippen LogP contribution < -0.4 is 0 Å². The number of hydrogen-bond acceptors (Lipinski definition) is 4. The van der Waals surface area contributed by atoms with Gasteiger partial charge in [0.05, 0.1) is 11.9 Å². The molecule has 0 spiro atoms. The van der Waals surface area contributed by atoms with Crippen LogP contribution >= 0.6 is 0 Å². The number of halogens is 3. The van der Waals surface area contributed by atoms with Gasteiger partial charge in [-0.25, -0.2) is 0 Å². The van der Waals surface area contributed by atoms with Crippen molar-refractivity contribution in [1.29, 1.82) is 0 Å². The highest BCUT2D eigenvalue weighted by Crippen LogP contribution is 2.30. The Balaban J connectivity index is 2.35. The maximum atomic E-state index is 12.5. The summed E-state index contributed by atoms with van der Waals surface area (Å²) in [5, 5.41) is 11.2. The summed E-state index contributed by atoms with van der Waals surface area (Å²) in [4.78, 5) is 1.23. The van der Waals surface area contributed by atoms with Gasteiger partial charge >= 0.3 is 6.18 Å². The normalized spacial score (nSPS) is 12.1. The minimum absolute atomic E-state index is 0.129. The molecule has 0 aliphatic heterocycles. The average Bonchev–Trinajstić information content (AvgIpc) is 2.84. The van der Waals surface area contributed by atoms with Crippen LogP contribution in [0.1, 0.15) is 5.69 Å². The molecule has 0 fully saturated rings. The first-order valence-electron chi connectivity index (χ1n) is 4.92. The van der Waals surface area contributed by atoms with Gasteiger partial charge in [0.2, 0.25) is 0 Å². The van der Waals surface area contributed by atoms with Crippen molar-refractivity contribution in [3.63, 3.8) is 0 Å². The SMILES string of the molecule is COCn1ncc(-c2cc(C(F)(F)F)nn2C)n1. The van der Waals surface area contributed by atoms with E-state index in [0.717, 1.165) is 10.7 Å². The molecule has 2 rings (SSSR count). The summed E-state index contributed by atoms with van der Waals surface area (Å²) in [6.07, 6.45) is -3.12. The van der Waals surface area contributed by atoms with E-state index in [4.69, 9.17) is 4.74 Å². The number of methoxy groups -OCH3 is 1. The van der Waals surface area contributed by atoms with Crippen molar-refractivity contribution in [2.45, 2.75) is 12.9 Å². The Morgan fingerprint density at radius 2 is 2.06 bits per heavy atom. The molecule has 2 aromatic rings. The van der Waals surface area contributed by atoms with Crippen LogP contribution in [-0.4, -0.2) is 31.9 Å². The van der Waals surface area contributed by atoms with E-state index in [0.29, 0.717) is 5.69 Å². The van der Waals surface area contributed by atoms with Gasteiger partial charge in [0.1, 0.15) is 5.69 Å². The van der Waals surface area contributed by atoms with Gasteiger partial charge in [-0.05, 0) is 6.07 Å². The van der Waals surface area contributed by atoms with Crippen LogP contribution in [0.25, 0.3) is 11.4 Å². The monoisotopic (exact) mass is 261 g/mol. The number of rotatable bonds is 3. The second-order valence-corrected chi connectivity index (χ2v) is 3.56. The van der Waals surface area contributed by atoms with Gasteiger partial charge in [-0.15, -0.1) is 5.10 Å². The zero-order valence-corrected chi connectivity index (χ0v) is 9.64. The van der Waals surface area contributed by atoms with Gasteiger partial charge in [-0.1, -0.05) is 0 Å². The first-order valence-corrected chi connectivity index (χ1v) is 4.92. The van der Waals surface area contributed by atoms with E-state index in [9.17, 15) is 13.2 Å². The maximum absolute atomic E-state index is 12.5. The third-order valence-electron chi connectivity index (χ3n) is 2.21. The van der Waals surface area contributed by atoms with Gasteiger partial charge in [-0.2, -0.15) is 28.2 Å². The van der Waals surface area contributed by atoms with Gasteiger partial charge in [0.15, 0.2) is 12.4 Å². The molecule has 0 saturated heterocycles. The fraction of sp³-hybridized carbons (Fsp3) is 0.444. The van der Waals surface area contributed by atoms with Crippen molar-refractivity contribution in [3.8, 4) is 11.4 Å². The van der Waals surface area contributed by atoms with Crippen LogP contribution in [0.5, 0.6) is 0 Å². The molecule has 2 aromatic heterocycles. The average molecular weight is 261 g/mol. The van der Waals surface area contributed by atoms with E-state index >= 15 is 0 Å². The second-order valence-electron chi connectivity index (χ2n) is 3.56. The summed E-state index contributed by atoms with van der Waals surface area (Å²) in [5.74, 6) is 0. The van der Waals surface area contributed by atoms with Crippen molar-refractivity contribution >= 4 is 0 Å². The number of nitrogens with zero attached hydrogens (tertiary/aromatic N) is 5. The van der Waals surface area contributed by atoms with Crippen LogP contribution in [0.3, 0.4) is 0 Å². The minimum Gasteiger partial charge on any atom is -0.361 e. The fourth-order valence-electron chi connectivity index (χ4n) is 1.44. The first kappa shape index (κ1) is 12.6. The lowest BCUT2D eigenvalue weighted by Gasteiger charge is -1.98. The van der Waals surface area contributed by atoms with Gasteiger partial charge in [0.25, 0.3) is 0 Å². The molecule has 9 heteroatoms. The number of aromatic nitrogens is 5. The topological polar surface area (TPSA) is 57.8 Å². The zero-order valence-electron chi connectivity index (χ0n) is 9.64. The second kappa shape index (κ2) is 4.41. The quantitative estimate of drug-likeness (QED) is 0.835. The molecule has 0 bridgehead atoms. The molecule has 0 N–H and O–H groups in total. The highest BCUT2D eigenvalue weighted by atomic mass is 19.4. The van der Waals surface area contributed by atoms with E-state index in [2.05, 4.69) is 15.3 Å². The van der Waals surface area contributed by atoms with Gasteiger partial charge in [-0.3, -0.25) is 4.68 Å². The Hall–Kier alpha value is -1.90. The summed E-state index contributed by atoms with van der Waals surface area (Å²) >= 11 is 0. The number of alkyl halides is 3. The Morgan fingerprint density at radius 1 is 1.33 bits per heavy atom. The smallest absolute Gasteiger partial charge is 0.361 e. The van der Waals surface area contributed by atoms with Crippen LogP contribution in [0, 0.1) is 0 Å². The van der Waals surface area contributed by atoms with E-state index in [1.807, 2.05) is 0 Å². The Morgan fingerprint density at radius 3 is 2.61 bits per heavy atom. The molecule has 0 aromatic carbocycles. The molecule has 18 heavy (non-hydrogen) atoms. The van der Waals surface area contributed by atoms with Crippen LogP contribution in [0.15, 0.2) is 12.3 Å². The third kappa shape index (κ3) is 2.35. The van der Waals surface area contributed by atoms with Crippen LogP contribution in [-0.2, 0) is 24.7 Å².